The van der Waals surface area contributed by atoms with Gasteiger partial charge in [0, 0.05) is 11.9 Å². The van der Waals surface area contributed by atoms with Gasteiger partial charge in [0.1, 0.15) is 0 Å². The van der Waals surface area contributed by atoms with Gasteiger partial charge in [0.15, 0.2) is 0 Å². The highest BCUT2D eigenvalue weighted by molar-refractivity contribution is 7.64. The van der Waals surface area contributed by atoms with E-state index in [0.717, 1.165) is 19.3 Å². The minimum atomic E-state index is -0.913. The van der Waals surface area contributed by atoms with E-state index in [2.05, 4.69) is 5.32 Å². The van der Waals surface area contributed by atoms with Crippen LogP contribution in [-0.2, 0) is 11.3 Å². The molecule has 1 amide bonds. The van der Waals surface area contributed by atoms with Crippen LogP contribution >= 0.6 is 0 Å². The van der Waals surface area contributed by atoms with E-state index in [0.29, 0.717) is 17.8 Å². The Bertz CT molecular complexity index is 313. The van der Waals surface area contributed by atoms with E-state index >= 15 is 0 Å². The van der Waals surface area contributed by atoms with E-state index in [1.807, 2.05) is 0 Å². The molecule has 0 aromatic rings. The molecule has 4 nitrogen and oxygen atoms in total. The number of amides is 1. The lowest BCUT2D eigenvalue weighted by Gasteiger charge is -2.03. The van der Waals surface area contributed by atoms with Crippen LogP contribution < -0.4 is 5.32 Å². The van der Waals surface area contributed by atoms with Gasteiger partial charge in [-0.3, -0.25) is 0 Å². The van der Waals surface area contributed by atoms with Crippen molar-refractivity contribution in [3.8, 4) is 0 Å². The fourth-order valence-corrected chi connectivity index (χ4v) is 3.16. The molecule has 0 atom stereocenters. The van der Waals surface area contributed by atoms with Crippen molar-refractivity contribution in [3.05, 3.63) is 0 Å². The van der Waals surface area contributed by atoms with Gasteiger partial charge in [0.2, 0.25) is 0 Å². The lowest BCUT2D eigenvalue weighted by atomic mass is 10.0. The first kappa shape index (κ1) is 23.2. The summed E-state index contributed by atoms with van der Waals surface area (Å²) in [4.78, 5) is 10.3. The van der Waals surface area contributed by atoms with E-state index in [1.165, 1.54) is 83.5 Å². The molecule has 0 bridgehead atoms. The smallest absolute Gasteiger partial charge is 0.404 e. The van der Waals surface area contributed by atoms with Gasteiger partial charge < -0.3 is 10.4 Å². The number of unbranched alkanes of at least 4 members (excludes halogenated alkanes) is 15. The Kier molecular flexibility index (Phi) is 19.5. The quantitative estimate of drug-likeness (QED) is 0.250. The van der Waals surface area contributed by atoms with Gasteiger partial charge in [-0.2, -0.15) is 0 Å². The van der Waals surface area contributed by atoms with Crippen molar-refractivity contribution in [2.45, 2.75) is 103 Å². The van der Waals surface area contributed by atoms with E-state index in [4.69, 9.17) is 5.11 Å². The molecule has 0 aromatic heterocycles. The van der Waals surface area contributed by atoms with Crippen molar-refractivity contribution in [2.24, 2.45) is 0 Å². The summed E-state index contributed by atoms with van der Waals surface area (Å²) in [5.74, 6) is 0. The Balaban J connectivity index is 3.00. The summed E-state index contributed by atoms with van der Waals surface area (Å²) in [5, 5.41) is 12.6. The minimum Gasteiger partial charge on any atom is -0.465 e. The summed E-state index contributed by atoms with van der Waals surface area (Å²) in [6.07, 6.45) is 19.3. The number of rotatable bonds is 18. The van der Waals surface area contributed by atoms with Gasteiger partial charge in [-0.05, 0) is 19.3 Å². The van der Waals surface area contributed by atoms with Crippen LogP contribution in [0.1, 0.15) is 103 Å². The van der Waals surface area contributed by atoms with Crippen LogP contribution in [0, 0.1) is 0 Å². The highest BCUT2D eigenvalue weighted by Gasteiger charge is 1.95. The van der Waals surface area contributed by atoms with Crippen molar-refractivity contribution in [2.75, 3.05) is 6.54 Å². The first-order valence-electron chi connectivity index (χ1n) is 9.84. The molecule has 0 aliphatic carbocycles. The Morgan fingerprint density at radius 1 is 0.708 bits per heavy atom. The molecule has 5 heteroatoms. The Labute approximate surface area is 151 Å². The highest BCUT2D eigenvalue weighted by atomic mass is 32.1. The number of nitrogens with one attached hydrogen (secondary N) is 1. The van der Waals surface area contributed by atoms with Crippen molar-refractivity contribution in [3.63, 3.8) is 0 Å². The summed E-state index contributed by atoms with van der Waals surface area (Å²) in [6.45, 7) is 0.590. The average molecular weight is 360 g/mol. The topological polar surface area (TPSA) is 66.4 Å². The maximum atomic E-state index is 10.3. The number of carboxylic acid groups (broad SMARTS) is 1. The largest absolute Gasteiger partial charge is 0.465 e. The molecule has 0 aromatic carbocycles. The summed E-state index contributed by atoms with van der Waals surface area (Å²) in [6, 6.07) is 0. The third-order valence-electron chi connectivity index (χ3n) is 4.34. The maximum Gasteiger partial charge on any atom is 0.404 e. The molecule has 0 saturated carbocycles. The molecule has 0 fully saturated rings. The molecular formula is C19H37NO3S. The first-order chi connectivity index (χ1) is 11.8. The van der Waals surface area contributed by atoms with Gasteiger partial charge >= 0.3 is 6.09 Å². The molecule has 0 aliphatic heterocycles. The SMILES string of the molecule is O=S=CCCCCCCCCCCCCCCCCCNC(=O)O. The van der Waals surface area contributed by atoms with Crippen LogP contribution in [0.2, 0.25) is 0 Å². The van der Waals surface area contributed by atoms with Gasteiger partial charge in [0.25, 0.3) is 0 Å². The zero-order valence-electron chi connectivity index (χ0n) is 15.3. The zero-order valence-corrected chi connectivity index (χ0v) is 16.1. The van der Waals surface area contributed by atoms with Crippen molar-refractivity contribution in [1.29, 1.82) is 0 Å². The number of hydrogen-bond donors (Lipinski definition) is 2. The van der Waals surface area contributed by atoms with E-state index in [1.54, 1.807) is 5.37 Å². The second-order valence-electron chi connectivity index (χ2n) is 6.59. The lowest BCUT2D eigenvalue weighted by molar-refractivity contribution is 0.194. The summed E-state index contributed by atoms with van der Waals surface area (Å²) < 4.78 is 10.2. The molecule has 0 rings (SSSR count). The van der Waals surface area contributed by atoms with Gasteiger partial charge in [-0.1, -0.05) is 83.5 Å². The normalized spacial score (nSPS) is 10.5. The average Bonchev–Trinajstić information content (AvgIpc) is 2.56. The Morgan fingerprint density at radius 2 is 1.08 bits per heavy atom. The Hall–Kier alpha value is -0.840. The third-order valence-corrected chi connectivity index (χ3v) is 4.71. The molecule has 0 heterocycles. The van der Waals surface area contributed by atoms with Gasteiger partial charge in [-0.25, -0.2) is 9.00 Å². The predicted molar refractivity (Wildman–Crippen MR) is 104 cm³/mol. The monoisotopic (exact) mass is 359 g/mol. The first-order valence-corrected chi connectivity index (χ1v) is 10.6. The van der Waals surface area contributed by atoms with Crippen LogP contribution in [-0.4, -0.2) is 27.3 Å². The fourth-order valence-electron chi connectivity index (χ4n) is 2.89. The second-order valence-corrected chi connectivity index (χ2v) is 7.11. The molecule has 142 valence electrons. The van der Waals surface area contributed by atoms with Crippen molar-refractivity contribution < 1.29 is 14.1 Å². The van der Waals surface area contributed by atoms with Crippen LogP contribution in [0.5, 0.6) is 0 Å². The molecule has 24 heavy (non-hydrogen) atoms. The fraction of sp³-hybridized carbons (Fsp3) is 0.895. The van der Waals surface area contributed by atoms with E-state index < -0.39 is 6.09 Å². The molecule has 0 saturated heterocycles. The molecule has 0 radical (unpaired) electrons. The van der Waals surface area contributed by atoms with Crippen molar-refractivity contribution >= 4 is 22.7 Å². The van der Waals surface area contributed by atoms with E-state index in [-0.39, 0.29) is 0 Å². The third kappa shape index (κ3) is 21.2. The summed E-state index contributed by atoms with van der Waals surface area (Å²) in [7, 11) is 0. The molecule has 2 N–H and O–H groups in total. The van der Waals surface area contributed by atoms with Crippen LogP contribution in [0.3, 0.4) is 0 Å². The predicted octanol–water partition coefficient (Wildman–Crippen LogP) is 5.51. The zero-order chi connectivity index (χ0) is 17.7. The van der Waals surface area contributed by atoms with Crippen molar-refractivity contribution in [1.82, 2.24) is 5.32 Å². The van der Waals surface area contributed by atoms with Crippen LogP contribution in [0.15, 0.2) is 0 Å². The standard InChI is InChI=1S/C19H37NO3S/c21-19(22)20-17-15-13-11-9-7-5-3-1-2-4-6-8-10-12-14-16-18-24-23/h18,20H,1-17H2,(H,21,22). The summed E-state index contributed by atoms with van der Waals surface area (Å²) in [5.41, 5.74) is 0. The van der Waals surface area contributed by atoms with Gasteiger partial charge in [0.05, 0.1) is 11.3 Å². The number of hydrogen-bond acceptors (Lipinski definition) is 2. The summed E-state index contributed by atoms with van der Waals surface area (Å²) >= 11 is 0.594. The molecule has 0 spiro atoms. The number of carbonyl (C=O) groups is 1. The van der Waals surface area contributed by atoms with Crippen LogP contribution in [0.25, 0.3) is 0 Å². The Morgan fingerprint density at radius 3 is 1.46 bits per heavy atom. The molecular weight excluding hydrogens is 322 g/mol. The van der Waals surface area contributed by atoms with E-state index in [9.17, 15) is 9.00 Å². The highest BCUT2D eigenvalue weighted by Crippen LogP contribution is 2.13. The second kappa shape index (κ2) is 20.2. The minimum absolute atomic E-state index is 0.590. The van der Waals surface area contributed by atoms with Crippen LogP contribution in [0.4, 0.5) is 4.79 Å². The molecule has 0 unspecified atom stereocenters. The lowest BCUT2D eigenvalue weighted by Crippen LogP contribution is -2.21. The van der Waals surface area contributed by atoms with Gasteiger partial charge in [-0.15, -0.1) is 0 Å². The maximum absolute atomic E-state index is 10.3. The molecule has 0 aliphatic rings.